The molecular weight excluding hydrogens is 292 g/mol. The number of hydrogen-bond donors (Lipinski definition) is 2. The minimum atomic E-state index is -0.350. The van der Waals surface area contributed by atoms with Crippen molar-refractivity contribution in [3.63, 3.8) is 0 Å². The highest BCUT2D eigenvalue weighted by atomic mass is 79.9. The van der Waals surface area contributed by atoms with Crippen LogP contribution in [0.5, 0.6) is 0 Å². The molecular formula is C14H11BrN2O. The standard InChI is InChI=1S/C14H11BrN2O/c15-10-5-3-4-9(8-10)13-14(18)17-12-7-2-1-6-11(12)16-13/h1-8,13,16H,(H,17,18). The molecule has 3 rings (SSSR count). The summed E-state index contributed by atoms with van der Waals surface area (Å²) in [6, 6.07) is 15.1. The van der Waals surface area contributed by atoms with E-state index in [1.807, 2.05) is 48.5 Å². The van der Waals surface area contributed by atoms with Crippen molar-refractivity contribution in [3.8, 4) is 0 Å². The van der Waals surface area contributed by atoms with Crippen LogP contribution in [0.3, 0.4) is 0 Å². The van der Waals surface area contributed by atoms with E-state index in [1.165, 1.54) is 0 Å². The van der Waals surface area contributed by atoms with Crippen molar-refractivity contribution >= 4 is 33.2 Å². The molecule has 2 N–H and O–H groups in total. The maximum Gasteiger partial charge on any atom is 0.251 e. The van der Waals surface area contributed by atoms with Crippen molar-refractivity contribution in [2.45, 2.75) is 6.04 Å². The molecule has 0 saturated carbocycles. The van der Waals surface area contributed by atoms with Crippen LogP contribution in [-0.4, -0.2) is 5.91 Å². The second kappa shape index (κ2) is 4.46. The quantitative estimate of drug-likeness (QED) is 0.846. The number of para-hydroxylation sites is 2. The molecule has 1 amide bonds. The Bertz CT molecular complexity index is 612. The topological polar surface area (TPSA) is 41.1 Å². The molecule has 4 heteroatoms. The highest BCUT2D eigenvalue weighted by Gasteiger charge is 2.26. The van der Waals surface area contributed by atoms with Crippen LogP contribution in [0.2, 0.25) is 0 Å². The van der Waals surface area contributed by atoms with Gasteiger partial charge in [0.15, 0.2) is 0 Å². The number of hydrogen-bond acceptors (Lipinski definition) is 2. The summed E-state index contributed by atoms with van der Waals surface area (Å²) in [7, 11) is 0. The molecule has 1 aliphatic rings. The summed E-state index contributed by atoms with van der Waals surface area (Å²) in [6.45, 7) is 0. The van der Waals surface area contributed by atoms with Gasteiger partial charge in [-0.3, -0.25) is 4.79 Å². The van der Waals surface area contributed by atoms with Gasteiger partial charge in [-0.15, -0.1) is 0 Å². The molecule has 0 aliphatic carbocycles. The van der Waals surface area contributed by atoms with Crippen LogP contribution in [0.1, 0.15) is 11.6 Å². The van der Waals surface area contributed by atoms with Gasteiger partial charge < -0.3 is 10.6 Å². The van der Waals surface area contributed by atoms with Gasteiger partial charge in [0.1, 0.15) is 6.04 Å². The Morgan fingerprint density at radius 3 is 2.56 bits per heavy atom. The Morgan fingerprint density at radius 1 is 1.00 bits per heavy atom. The Balaban J connectivity index is 1.98. The van der Waals surface area contributed by atoms with Gasteiger partial charge in [0.05, 0.1) is 11.4 Å². The second-order valence-corrected chi connectivity index (χ2v) is 5.08. The summed E-state index contributed by atoms with van der Waals surface area (Å²) in [4.78, 5) is 12.1. The number of fused-ring (bicyclic) bond motifs is 1. The SMILES string of the molecule is O=C1Nc2ccccc2NC1c1cccc(Br)c1. The van der Waals surface area contributed by atoms with Crippen LogP contribution in [0, 0.1) is 0 Å². The van der Waals surface area contributed by atoms with Crippen LogP contribution < -0.4 is 10.6 Å². The van der Waals surface area contributed by atoms with E-state index in [0.717, 1.165) is 21.4 Å². The molecule has 0 bridgehead atoms. The van der Waals surface area contributed by atoms with E-state index >= 15 is 0 Å². The highest BCUT2D eigenvalue weighted by Crippen LogP contribution is 2.32. The van der Waals surface area contributed by atoms with Gasteiger partial charge in [-0.05, 0) is 29.8 Å². The number of rotatable bonds is 1. The summed E-state index contributed by atoms with van der Waals surface area (Å²) in [5.41, 5.74) is 2.72. The molecule has 2 aromatic carbocycles. The van der Waals surface area contributed by atoms with Crippen molar-refractivity contribution in [1.29, 1.82) is 0 Å². The zero-order chi connectivity index (χ0) is 12.5. The average Bonchev–Trinajstić information content (AvgIpc) is 2.38. The molecule has 3 nitrogen and oxygen atoms in total. The molecule has 1 heterocycles. The lowest BCUT2D eigenvalue weighted by Gasteiger charge is -2.27. The average molecular weight is 303 g/mol. The first-order valence-electron chi connectivity index (χ1n) is 5.66. The van der Waals surface area contributed by atoms with Crippen LogP contribution in [0.4, 0.5) is 11.4 Å². The van der Waals surface area contributed by atoms with Crippen LogP contribution in [0.25, 0.3) is 0 Å². The van der Waals surface area contributed by atoms with Crippen LogP contribution in [-0.2, 0) is 4.79 Å². The molecule has 0 aromatic heterocycles. The molecule has 90 valence electrons. The summed E-state index contributed by atoms with van der Waals surface area (Å²) >= 11 is 3.42. The molecule has 1 aliphatic heterocycles. The van der Waals surface area contributed by atoms with Gasteiger partial charge >= 0.3 is 0 Å². The minimum Gasteiger partial charge on any atom is -0.368 e. The maximum atomic E-state index is 12.1. The largest absolute Gasteiger partial charge is 0.368 e. The third-order valence-electron chi connectivity index (χ3n) is 2.93. The molecule has 0 spiro atoms. The highest BCUT2D eigenvalue weighted by molar-refractivity contribution is 9.10. The summed E-state index contributed by atoms with van der Waals surface area (Å²) < 4.78 is 0.966. The smallest absolute Gasteiger partial charge is 0.251 e. The van der Waals surface area contributed by atoms with Gasteiger partial charge in [-0.2, -0.15) is 0 Å². The van der Waals surface area contributed by atoms with E-state index < -0.39 is 0 Å². The van der Waals surface area contributed by atoms with E-state index in [9.17, 15) is 4.79 Å². The Labute approximate surface area is 113 Å². The third-order valence-corrected chi connectivity index (χ3v) is 3.42. The minimum absolute atomic E-state index is 0.0354. The molecule has 0 saturated heterocycles. The number of carbonyl (C=O) groups excluding carboxylic acids is 1. The molecule has 18 heavy (non-hydrogen) atoms. The van der Waals surface area contributed by atoms with Gasteiger partial charge in [-0.1, -0.05) is 40.2 Å². The number of anilines is 2. The Hall–Kier alpha value is -1.81. The van der Waals surface area contributed by atoms with Gasteiger partial charge in [0.2, 0.25) is 0 Å². The van der Waals surface area contributed by atoms with E-state index in [2.05, 4.69) is 26.6 Å². The van der Waals surface area contributed by atoms with Crippen molar-refractivity contribution < 1.29 is 4.79 Å². The Morgan fingerprint density at radius 2 is 1.78 bits per heavy atom. The molecule has 1 atom stereocenters. The monoisotopic (exact) mass is 302 g/mol. The van der Waals surface area contributed by atoms with E-state index in [-0.39, 0.29) is 11.9 Å². The van der Waals surface area contributed by atoms with Crippen LogP contribution in [0.15, 0.2) is 53.0 Å². The summed E-state index contributed by atoms with van der Waals surface area (Å²) in [5, 5.41) is 6.17. The van der Waals surface area contributed by atoms with E-state index in [4.69, 9.17) is 0 Å². The summed E-state index contributed by atoms with van der Waals surface area (Å²) in [6.07, 6.45) is 0. The lowest BCUT2D eigenvalue weighted by atomic mass is 10.0. The van der Waals surface area contributed by atoms with Crippen molar-refractivity contribution in [1.82, 2.24) is 0 Å². The summed E-state index contributed by atoms with van der Waals surface area (Å²) in [5.74, 6) is -0.0354. The molecule has 0 radical (unpaired) electrons. The Kier molecular flexibility index (Phi) is 2.80. The van der Waals surface area contributed by atoms with Crippen molar-refractivity contribution in [2.75, 3.05) is 10.6 Å². The lowest BCUT2D eigenvalue weighted by molar-refractivity contribution is -0.117. The van der Waals surface area contributed by atoms with Crippen LogP contribution >= 0.6 is 15.9 Å². The molecule has 1 unspecified atom stereocenters. The molecule has 0 fully saturated rings. The predicted octanol–water partition coefficient (Wildman–Crippen LogP) is 3.55. The zero-order valence-electron chi connectivity index (χ0n) is 9.48. The number of nitrogens with one attached hydrogen (secondary N) is 2. The first-order valence-corrected chi connectivity index (χ1v) is 6.45. The second-order valence-electron chi connectivity index (χ2n) is 4.17. The lowest BCUT2D eigenvalue weighted by Crippen LogP contribution is -2.31. The van der Waals surface area contributed by atoms with Gasteiger partial charge in [0.25, 0.3) is 5.91 Å². The van der Waals surface area contributed by atoms with Gasteiger partial charge in [0, 0.05) is 4.47 Å². The fourth-order valence-corrected chi connectivity index (χ4v) is 2.48. The van der Waals surface area contributed by atoms with Crippen molar-refractivity contribution in [2.24, 2.45) is 0 Å². The number of benzene rings is 2. The van der Waals surface area contributed by atoms with Gasteiger partial charge in [-0.25, -0.2) is 0 Å². The van der Waals surface area contributed by atoms with E-state index in [1.54, 1.807) is 0 Å². The normalized spacial score (nSPS) is 17.6. The third kappa shape index (κ3) is 1.99. The fraction of sp³-hybridized carbons (Fsp3) is 0.0714. The zero-order valence-corrected chi connectivity index (χ0v) is 11.1. The van der Waals surface area contributed by atoms with E-state index in [0.29, 0.717) is 0 Å². The maximum absolute atomic E-state index is 12.1. The number of halogens is 1. The fourth-order valence-electron chi connectivity index (χ4n) is 2.06. The molecule has 2 aromatic rings. The number of carbonyl (C=O) groups is 1. The first kappa shape index (κ1) is 11.3. The first-order chi connectivity index (χ1) is 8.74. The predicted molar refractivity (Wildman–Crippen MR) is 75.6 cm³/mol. The number of amides is 1. The van der Waals surface area contributed by atoms with Crippen molar-refractivity contribution in [3.05, 3.63) is 58.6 Å².